The number of Topliss-reactive ketones (excluding diaryl/α,β-unsaturated/α-hetero) is 3. The largest absolute Gasteiger partial charge is 0.363 e. The van der Waals surface area contributed by atoms with Crippen molar-refractivity contribution in [2.45, 2.75) is 126 Å². The highest BCUT2D eigenvalue weighted by Gasteiger charge is 2.94. The first-order chi connectivity index (χ1) is 18.4. The second-order valence-electron chi connectivity index (χ2n) is 14.2. The molecule has 0 amide bonds. The first kappa shape index (κ1) is 32.4. The molecule has 2 aliphatic heterocycles. The first-order valence-corrected chi connectivity index (χ1v) is 15.0. The maximum Gasteiger partial charge on any atom is 0.201 e. The Morgan fingerprint density at radius 2 is 1.40 bits per heavy atom. The molecule has 0 aromatic carbocycles. The van der Waals surface area contributed by atoms with Gasteiger partial charge in [0.05, 0.1) is 5.41 Å². The number of rotatable bonds is 11. The Kier molecular flexibility index (Phi) is 8.87. The average Bonchev–Trinajstić information content (AvgIpc) is 3.17. The lowest BCUT2D eigenvalue weighted by atomic mass is 9.35. The van der Waals surface area contributed by atoms with Crippen molar-refractivity contribution < 1.29 is 24.2 Å². The van der Waals surface area contributed by atoms with Gasteiger partial charge in [0.2, 0.25) is 5.79 Å². The molecule has 2 saturated heterocycles. The second kappa shape index (κ2) is 10.9. The third-order valence-corrected chi connectivity index (χ3v) is 9.92. The van der Waals surface area contributed by atoms with E-state index in [-0.39, 0.29) is 30.3 Å². The predicted molar refractivity (Wildman–Crippen MR) is 161 cm³/mol. The van der Waals surface area contributed by atoms with Gasteiger partial charge in [-0.05, 0) is 98.8 Å². The molecule has 0 spiro atoms. The van der Waals surface area contributed by atoms with Crippen LogP contribution < -0.4 is 0 Å². The van der Waals surface area contributed by atoms with Crippen LogP contribution in [0.2, 0.25) is 0 Å². The number of ether oxygens (including phenoxy) is 1. The van der Waals surface area contributed by atoms with Crippen LogP contribution in [0.25, 0.3) is 0 Å². The molecule has 3 aliphatic rings. The highest BCUT2D eigenvalue weighted by Crippen LogP contribution is 2.78. The van der Waals surface area contributed by atoms with Gasteiger partial charge in [-0.25, -0.2) is 0 Å². The Bertz CT molecular complexity index is 1180. The van der Waals surface area contributed by atoms with Crippen molar-refractivity contribution in [1.82, 2.24) is 0 Å². The Labute approximate surface area is 242 Å². The lowest BCUT2D eigenvalue weighted by Gasteiger charge is -2.64. The van der Waals surface area contributed by atoms with Gasteiger partial charge in [0.15, 0.2) is 28.4 Å². The number of carbonyl (C=O) groups is 3. The van der Waals surface area contributed by atoms with Gasteiger partial charge >= 0.3 is 0 Å². The van der Waals surface area contributed by atoms with Crippen LogP contribution in [0.15, 0.2) is 46.6 Å². The maximum absolute atomic E-state index is 15.1. The van der Waals surface area contributed by atoms with Gasteiger partial charge in [0.1, 0.15) is 0 Å². The molecule has 2 bridgehead atoms. The number of fused-ring (bicyclic) bond motifs is 1. The summed E-state index contributed by atoms with van der Waals surface area (Å²) in [5.74, 6) is -4.13. The number of ketones is 3. The summed E-state index contributed by atoms with van der Waals surface area (Å²) in [5, 5.41) is 13.0. The summed E-state index contributed by atoms with van der Waals surface area (Å²) in [4.78, 5) is 44.5. The molecule has 1 N–H and O–H groups in total. The van der Waals surface area contributed by atoms with Crippen LogP contribution in [0.5, 0.6) is 0 Å². The molecule has 3 rings (SSSR count). The quantitative estimate of drug-likeness (QED) is 0.210. The van der Waals surface area contributed by atoms with E-state index in [2.05, 4.69) is 12.2 Å². The zero-order valence-electron chi connectivity index (χ0n) is 26.8. The molecular formula is C35H52O5. The summed E-state index contributed by atoms with van der Waals surface area (Å²) in [6.45, 7) is 21.5. The highest BCUT2D eigenvalue weighted by molar-refractivity contribution is 6.28. The summed E-state index contributed by atoms with van der Waals surface area (Å²) in [7, 11) is 0. The van der Waals surface area contributed by atoms with Gasteiger partial charge in [0, 0.05) is 12.3 Å². The molecule has 1 saturated carbocycles. The molecule has 0 unspecified atom stereocenters. The Morgan fingerprint density at radius 1 is 0.875 bits per heavy atom. The lowest BCUT2D eigenvalue weighted by molar-refractivity contribution is -0.317. The van der Waals surface area contributed by atoms with E-state index in [1.807, 2.05) is 74.5 Å². The van der Waals surface area contributed by atoms with Crippen LogP contribution in [-0.4, -0.2) is 33.8 Å². The van der Waals surface area contributed by atoms with Gasteiger partial charge in [-0.3, -0.25) is 14.4 Å². The fourth-order valence-electron chi connectivity index (χ4n) is 7.84. The number of allylic oxidation sites excluding steroid dienone is 7. The Balaban J connectivity index is 2.48. The highest BCUT2D eigenvalue weighted by atomic mass is 16.7. The molecule has 0 aromatic rings. The van der Waals surface area contributed by atoms with Crippen molar-refractivity contribution in [2.75, 3.05) is 0 Å². The second-order valence-corrected chi connectivity index (χ2v) is 14.2. The molecule has 6 atom stereocenters. The van der Waals surface area contributed by atoms with E-state index in [0.717, 1.165) is 22.3 Å². The normalized spacial score (nSPS) is 36.0. The fraction of sp³-hybridized carbons (Fsp3) is 0.686. The minimum atomic E-state index is -2.22. The van der Waals surface area contributed by atoms with Crippen LogP contribution in [0.1, 0.15) is 115 Å². The van der Waals surface area contributed by atoms with E-state index in [1.54, 1.807) is 13.8 Å². The number of aliphatic hydroxyl groups is 1. The molecule has 5 nitrogen and oxygen atoms in total. The van der Waals surface area contributed by atoms with E-state index >= 15 is 4.79 Å². The summed E-state index contributed by atoms with van der Waals surface area (Å²) in [6, 6.07) is 0. The minimum Gasteiger partial charge on any atom is -0.363 e. The SMILES string of the molecule is CC(C)=CCC[C@]1(C)[C@@H](CC=C(C)C)C[C@]2(CC=C(C)C)C(=O)[C@@]3(CC=C(C)C)O[C@]2(O)[C@]1(C(=O)C(C)C)C3=O. The molecular weight excluding hydrogens is 500 g/mol. The van der Waals surface area contributed by atoms with Crippen molar-refractivity contribution in [3.63, 3.8) is 0 Å². The molecule has 40 heavy (non-hydrogen) atoms. The Hall–Kier alpha value is -2.11. The number of carbonyl (C=O) groups excluding carboxylic acids is 3. The van der Waals surface area contributed by atoms with Crippen molar-refractivity contribution in [2.24, 2.45) is 28.1 Å². The van der Waals surface area contributed by atoms with Gasteiger partial charge in [-0.2, -0.15) is 0 Å². The summed E-state index contributed by atoms with van der Waals surface area (Å²) in [6.07, 6.45) is 10.5. The third kappa shape index (κ3) is 4.38. The van der Waals surface area contributed by atoms with E-state index in [1.165, 1.54) is 0 Å². The van der Waals surface area contributed by atoms with E-state index in [4.69, 9.17) is 4.74 Å². The number of hydrogen-bond acceptors (Lipinski definition) is 5. The van der Waals surface area contributed by atoms with E-state index in [9.17, 15) is 14.7 Å². The molecule has 0 aromatic heterocycles. The molecule has 5 heteroatoms. The average molecular weight is 553 g/mol. The first-order valence-electron chi connectivity index (χ1n) is 15.0. The van der Waals surface area contributed by atoms with Crippen molar-refractivity contribution in [1.29, 1.82) is 0 Å². The zero-order chi connectivity index (χ0) is 30.5. The van der Waals surface area contributed by atoms with Gasteiger partial charge in [-0.1, -0.05) is 67.4 Å². The summed E-state index contributed by atoms with van der Waals surface area (Å²) < 4.78 is 6.53. The molecule has 3 fully saturated rings. The summed E-state index contributed by atoms with van der Waals surface area (Å²) in [5.41, 5.74) is -1.80. The van der Waals surface area contributed by atoms with Crippen molar-refractivity contribution in [3.8, 4) is 0 Å². The van der Waals surface area contributed by atoms with Gasteiger partial charge in [0.25, 0.3) is 0 Å². The zero-order valence-corrected chi connectivity index (χ0v) is 26.8. The predicted octanol–water partition coefficient (Wildman–Crippen LogP) is 7.64. The fourth-order valence-corrected chi connectivity index (χ4v) is 7.84. The van der Waals surface area contributed by atoms with Crippen LogP contribution in [-0.2, 0) is 19.1 Å². The van der Waals surface area contributed by atoms with E-state index < -0.39 is 39.3 Å². The molecule has 222 valence electrons. The Morgan fingerprint density at radius 3 is 1.90 bits per heavy atom. The van der Waals surface area contributed by atoms with Gasteiger partial charge < -0.3 is 9.84 Å². The molecule has 2 heterocycles. The maximum atomic E-state index is 15.1. The molecule has 0 radical (unpaired) electrons. The van der Waals surface area contributed by atoms with Crippen LogP contribution in [0.4, 0.5) is 0 Å². The topological polar surface area (TPSA) is 80.7 Å². The minimum absolute atomic E-state index is 0.0295. The van der Waals surface area contributed by atoms with Crippen molar-refractivity contribution >= 4 is 17.3 Å². The van der Waals surface area contributed by atoms with Crippen LogP contribution in [0, 0.1) is 28.1 Å². The summed E-state index contributed by atoms with van der Waals surface area (Å²) >= 11 is 0. The standard InChI is InChI=1S/C35H52O5/c1-22(2)13-12-18-31(11)27(15-14-23(3)4)21-32(19-16-24(5)6)29(37)33(20-17-25(7)8)30(38)34(31,28(36)26(9)10)35(32,39)40-33/h13-14,16-17,26-27,39H,12,15,18-21H2,1-11H3/t27-,31+,32+,33+,34+,35-/m0/s1. The van der Waals surface area contributed by atoms with E-state index in [0.29, 0.717) is 25.7 Å². The lowest BCUT2D eigenvalue weighted by Crippen LogP contribution is -2.78. The number of hydrogen-bond donors (Lipinski definition) is 1. The third-order valence-electron chi connectivity index (χ3n) is 9.92. The van der Waals surface area contributed by atoms with Gasteiger partial charge in [-0.15, -0.1) is 0 Å². The van der Waals surface area contributed by atoms with Crippen LogP contribution in [0.3, 0.4) is 0 Å². The smallest absolute Gasteiger partial charge is 0.201 e. The monoisotopic (exact) mass is 552 g/mol. The van der Waals surface area contributed by atoms with Crippen molar-refractivity contribution in [3.05, 3.63) is 46.6 Å². The van der Waals surface area contributed by atoms with Crippen LogP contribution >= 0.6 is 0 Å². The molecule has 1 aliphatic carbocycles.